The van der Waals surface area contributed by atoms with E-state index in [4.69, 9.17) is 5.73 Å². The fourth-order valence-corrected chi connectivity index (χ4v) is 1.82. The molecular formula is C7H6IN3. The van der Waals surface area contributed by atoms with Gasteiger partial charge in [-0.15, -0.1) is 0 Å². The average molecular weight is 259 g/mol. The van der Waals surface area contributed by atoms with Gasteiger partial charge in [-0.25, -0.2) is 0 Å². The van der Waals surface area contributed by atoms with E-state index in [1.54, 1.807) is 12.4 Å². The number of halogens is 1. The molecule has 2 aromatic rings. The van der Waals surface area contributed by atoms with Crippen LogP contribution in [0.2, 0.25) is 0 Å². The van der Waals surface area contributed by atoms with Crippen LogP contribution < -0.4 is 5.73 Å². The smallest absolute Gasteiger partial charge is 0.0672 e. The zero-order valence-electron chi connectivity index (χ0n) is 5.63. The maximum atomic E-state index is 5.71. The first-order valence-corrected chi connectivity index (χ1v) is 4.23. The number of aromatic nitrogens is 2. The third kappa shape index (κ3) is 0.973. The topological polar surface area (TPSA) is 54.7 Å². The van der Waals surface area contributed by atoms with Crippen molar-refractivity contribution in [2.24, 2.45) is 0 Å². The first kappa shape index (κ1) is 6.90. The van der Waals surface area contributed by atoms with Gasteiger partial charge in [-0.1, -0.05) is 0 Å². The summed E-state index contributed by atoms with van der Waals surface area (Å²) in [5, 5.41) is 1.07. The number of nitrogen functional groups attached to an aromatic ring is 1. The van der Waals surface area contributed by atoms with E-state index < -0.39 is 0 Å². The third-order valence-corrected chi connectivity index (χ3v) is 2.42. The van der Waals surface area contributed by atoms with Crippen molar-refractivity contribution in [3.8, 4) is 0 Å². The number of nitrogens with two attached hydrogens (primary N) is 1. The summed E-state index contributed by atoms with van der Waals surface area (Å²) < 4.78 is 1.14. The minimum atomic E-state index is 0.730. The standard InChI is InChI=1S/C7H6IN3/c8-4-1-11-6-3-10-2-5(9)7(4)6/h1-3,11H,9H2. The number of H-pyrrole nitrogens is 1. The van der Waals surface area contributed by atoms with Gasteiger partial charge in [0.25, 0.3) is 0 Å². The van der Waals surface area contributed by atoms with Crippen molar-refractivity contribution in [1.82, 2.24) is 9.97 Å². The highest BCUT2D eigenvalue weighted by molar-refractivity contribution is 14.1. The molecule has 56 valence electrons. The van der Waals surface area contributed by atoms with Gasteiger partial charge in [0, 0.05) is 15.2 Å². The molecule has 4 heteroatoms. The number of nitrogens with zero attached hydrogens (tertiary/aromatic N) is 1. The molecule has 3 N–H and O–H groups in total. The molecule has 0 saturated carbocycles. The summed E-state index contributed by atoms with van der Waals surface area (Å²) in [7, 11) is 0. The monoisotopic (exact) mass is 259 g/mol. The maximum Gasteiger partial charge on any atom is 0.0672 e. The zero-order chi connectivity index (χ0) is 7.84. The summed E-state index contributed by atoms with van der Waals surface area (Å²) >= 11 is 2.24. The number of pyridine rings is 1. The van der Waals surface area contributed by atoms with Crippen molar-refractivity contribution < 1.29 is 0 Å². The summed E-state index contributed by atoms with van der Waals surface area (Å²) in [5.41, 5.74) is 7.44. The minimum Gasteiger partial charge on any atom is -0.397 e. The van der Waals surface area contributed by atoms with Gasteiger partial charge < -0.3 is 10.7 Å². The number of anilines is 1. The van der Waals surface area contributed by atoms with Crippen LogP contribution in [0.15, 0.2) is 18.6 Å². The molecule has 0 fully saturated rings. The second-order valence-electron chi connectivity index (χ2n) is 2.29. The Morgan fingerprint density at radius 2 is 2.27 bits per heavy atom. The zero-order valence-corrected chi connectivity index (χ0v) is 7.79. The SMILES string of the molecule is Nc1cncc2[nH]cc(I)c12. The third-order valence-electron chi connectivity index (χ3n) is 1.57. The van der Waals surface area contributed by atoms with Crippen LogP contribution >= 0.6 is 22.6 Å². The molecule has 2 aromatic heterocycles. The molecular weight excluding hydrogens is 253 g/mol. The summed E-state index contributed by atoms with van der Waals surface area (Å²) in [6.07, 6.45) is 5.36. The highest BCUT2D eigenvalue weighted by atomic mass is 127. The molecule has 0 aliphatic heterocycles. The normalized spacial score (nSPS) is 10.6. The lowest BCUT2D eigenvalue weighted by atomic mass is 10.3. The second-order valence-corrected chi connectivity index (χ2v) is 3.45. The molecule has 0 aliphatic rings. The van der Waals surface area contributed by atoms with Crippen molar-refractivity contribution >= 4 is 39.2 Å². The fraction of sp³-hybridized carbons (Fsp3) is 0. The average Bonchev–Trinajstić information content (AvgIpc) is 2.34. The summed E-state index contributed by atoms with van der Waals surface area (Å²) in [6.45, 7) is 0. The Kier molecular flexibility index (Phi) is 1.49. The number of hydrogen-bond acceptors (Lipinski definition) is 2. The molecule has 0 atom stereocenters. The summed E-state index contributed by atoms with van der Waals surface area (Å²) in [6, 6.07) is 0. The van der Waals surface area contributed by atoms with Crippen LogP contribution in [-0.4, -0.2) is 9.97 Å². The molecule has 0 saturated heterocycles. The van der Waals surface area contributed by atoms with Crippen molar-refractivity contribution in [3.63, 3.8) is 0 Å². The molecule has 11 heavy (non-hydrogen) atoms. The molecule has 2 rings (SSSR count). The van der Waals surface area contributed by atoms with Crippen LogP contribution in [0.25, 0.3) is 10.9 Å². The van der Waals surface area contributed by atoms with Gasteiger partial charge in [-0.05, 0) is 22.6 Å². The molecule has 3 nitrogen and oxygen atoms in total. The van der Waals surface area contributed by atoms with Gasteiger partial charge >= 0.3 is 0 Å². The van der Waals surface area contributed by atoms with Crippen LogP contribution in [0.5, 0.6) is 0 Å². The van der Waals surface area contributed by atoms with Crippen molar-refractivity contribution in [1.29, 1.82) is 0 Å². The first-order valence-electron chi connectivity index (χ1n) is 3.15. The van der Waals surface area contributed by atoms with E-state index >= 15 is 0 Å². The van der Waals surface area contributed by atoms with E-state index in [0.29, 0.717) is 0 Å². The predicted octanol–water partition coefficient (Wildman–Crippen LogP) is 1.75. The Balaban J connectivity index is 2.96. The summed E-state index contributed by atoms with van der Waals surface area (Å²) in [4.78, 5) is 7.04. The lowest BCUT2D eigenvalue weighted by Crippen LogP contribution is -1.87. The van der Waals surface area contributed by atoms with Crippen molar-refractivity contribution in [2.75, 3.05) is 5.73 Å². The Morgan fingerprint density at radius 1 is 1.45 bits per heavy atom. The first-order chi connectivity index (χ1) is 5.29. The van der Waals surface area contributed by atoms with Crippen LogP contribution in [0.1, 0.15) is 0 Å². The lowest BCUT2D eigenvalue weighted by Gasteiger charge is -1.93. The van der Waals surface area contributed by atoms with Gasteiger partial charge in [0.05, 0.1) is 23.6 Å². The van der Waals surface area contributed by atoms with E-state index in [0.717, 1.165) is 20.2 Å². The van der Waals surface area contributed by atoms with Crippen LogP contribution in [0, 0.1) is 3.57 Å². The molecule has 0 radical (unpaired) electrons. The predicted molar refractivity (Wildman–Crippen MR) is 53.2 cm³/mol. The number of hydrogen-bond donors (Lipinski definition) is 2. The van der Waals surface area contributed by atoms with Gasteiger partial charge in [-0.2, -0.15) is 0 Å². The highest BCUT2D eigenvalue weighted by Crippen LogP contribution is 2.23. The molecule has 0 unspecified atom stereocenters. The number of fused-ring (bicyclic) bond motifs is 1. The number of nitrogens with one attached hydrogen (secondary N) is 1. The molecule has 0 amide bonds. The summed E-state index contributed by atoms with van der Waals surface area (Å²) in [5.74, 6) is 0. The quantitative estimate of drug-likeness (QED) is 0.708. The Morgan fingerprint density at radius 3 is 3.00 bits per heavy atom. The van der Waals surface area contributed by atoms with Gasteiger partial charge in [0.2, 0.25) is 0 Å². The van der Waals surface area contributed by atoms with Crippen LogP contribution in [-0.2, 0) is 0 Å². The molecule has 2 heterocycles. The lowest BCUT2D eigenvalue weighted by molar-refractivity contribution is 1.34. The van der Waals surface area contributed by atoms with E-state index in [-0.39, 0.29) is 0 Å². The van der Waals surface area contributed by atoms with E-state index in [1.165, 1.54) is 0 Å². The van der Waals surface area contributed by atoms with Gasteiger partial charge in [-0.3, -0.25) is 4.98 Å². The van der Waals surface area contributed by atoms with E-state index in [2.05, 4.69) is 32.6 Å². The Labute approximate surface area is 77.1 Å². The minimum absolute atomic E-state index is 0.730. The van der Waals surface area contributed by atoms with Gasteiger partial charge in [0.15, 0.2) is 0 Å². The van der Waals surface area contributed by atoms with Crippen LogP contribution in [0.3, 0.4) is 0 Å². The molecule has 0 aliphatic carbocycles. The fourth-order valence-electron chi connectivity index (χ4n) is 1.07. The van der Waals surface area contributed by atoms with Crippen molar-refractivity contribution in [3.05, 3.63) is 22.2 Å². The number of rotatable bonds is 0. The molecule has 0 aromatic carbocycles. The Hall–Kier alpha value is -0.780. The largest absolute Gasteiger partial charge is 0.397 e. The van der Waals surface area contributed by atoms with E-state index in [9.17, 15) is 0 Å². The molecule has 0 spiro atoms. The highest BCUT2D eigenvalue weighted by Gasteiger charge is 2.02. The number of aromatic amines is 1. The Bertz CT molecular complexity index is 393. The van der Waals surface area contributed by atoms with Crippen molar-refractivity contribution in [2.45, 2.75) is 0 Å². The molecule has 0 bridgehead atoms. The van der Waals surface area contributed by atoms with E-state index in [1.807, 2.05) is 6.20 Å². The maximum absolute atomic E-state index is 5.71. The second kappa shape index (κ2) is 2.37. The van der Waals surface area contributed by atoms with Gasteiger partial charge in [0.1, 0.15) is 0 Å². The van der Waals surface area contributed by atoms with Crippen LogP contribution in [0.4, 0.5) is 5.69 Å².